The molecule has 63 heavy (non-hydrogen) atoms. The van der Waals surface area contributed by atoms with Gasteiger partial charge in [-0.1, -0.05) is 314 Å². The Bertz CT molecular complexity index is 916. The molecule has 0 saturated heterocycles. The van der Waals surface area contributed by atoms with Crippen LogP contribution in [-0.4, -0.2) is 34.9 Å². The van der Waals surface area contributed by atoms with E-state index in [-0.39, 0.29) is 12.5 Å². The number of rotatable bonds is 54. The fourth-order valence-electron chi connectivity index (χ4n) is 9.26. The number of hydrogen-bond acceptors (Lipinski definition) is 3. The lowest BCUT2D eigenvalue weighted by atomic mass is 10.0. The molecular formula is C59H115NO3. The molecule has 0 heterocycles. The van der Waals surface area contributed by atoms with Gasteiger partial charge in [0.15, 0.2) is 0 Å². The normalized spacial score (nSPS) is 12.9. The van der Waals surface area contributed by atoms with Gasteiger partial charge in [0.25, 0.3) is 0 Å². The fraction of sp³-hybridized carbons (Fsp3) is 0.915. The topological polar surface area (TPSA) is 69.6 Å². The molecule has 4 nitrogen and oxygen atoms in total. The van der Waals surface area contributed by atoms with Crippen LogP contribution in [0.2, 0.25) is 0 Å². The summed E-state index contributed by atoms with van der Waals surface area (Å²) in [5.74, 6) is -0.0679. The lowest BCUT2D eigenvalue weighted by Crippen LogP contribution is -2.45. The second-order valence-corrected chi connectivity index (χ2v) is 20.1. The van der Waals surface area contributed by atoms with Gasteiger partial charge in [0.2, 0.25) is 5.91 Å². The third-order valence-corrected chi connectivity index (χ3v) is 13.7. The van der Waals surface area contributed by atoms with Gasteiger partial charge in [-0.05, 0) is 32.1 Å². The van der Waals surface area contributed by atoms with Crippen molar-refractivity contribution >= 4 is 5.91 Å². The van der Waals surface area contributed by atoms with E-state index in [0.717, 1.165) is 32.1 Å². The number of unbranched alkanes of at least 4 members (excludes halogenated alkanes) is 45. The van der Waals surface area contributed by atoms with Crippen LogP contribution >= 0.6 is 0 Å². The molecule has 0 aromatic carbocycles. The van der Waals surface area contributed by atoms with Crippen molar-refractivity contribution in [1.82, 2.24) is 5.32 Å². The molecule has 0 radical (unpaired) electrons. The van der Waals surface area contributed by atoms with Crippen molar-refractivity contribution in [3.05, 3.63) is 24.3 Å². The van der Waals surface area contributed by atoms with Crippen LogP contribution in [0.3, 0.4) is 0 Å². The van der Waals surface area contributed by atoms with Gasteiger partial charge in [0, 0.05) is 6.42 Å². The first-order chi connectivity index (χ1) is 31.2. The molecule has 0 saturated carbocycles. The Labute approximate surface area is 396 Å². The number of aliphatic hydroxyl groups is 2. The highest BCUT2D eigenvalue weighted by atomic mass is 16.3. The van der Waals surface area contributed by atoms with Gasteiger partial charge in [-0.15, -0.1) is 0 Å². The molecule has 2 atom stereocenters. The summed E-state index contributed by atoms with van der Waals surface area (Å²) in [5.41, 5.74) is 0. The van der Waals surface area contributed by atoms with Crippen LogP contribution < -0.4 is 5.32 Å². The Morgan fingerprint density at radius 3 is 0.921 bits per heavy atom. The molecule has 3 N–H and O–H groups in total. The van der Waals surface area contributed by atoms with Gasteiger partial charge in [-0.2, -0.15) is 0 Å². The summed E-state index contributed by atoms with van der Waals surface area (Å²) >= 11 is 0. The van der Waals surface area contributed by atoms with Crippen molar-refractivity contribution < 1.29 is 15.0 Å². The predicted molar refractivity (Wildman–Crippen MR) is 281 cm³/mol. The summed E-state index contributed by atoms with van der Waals surface area (Å²) < 4.78 is 0. The van der Waals surface area contributed by atoms with Crippen LogP contribution in [0.4, 0.5) is 0 Å². The van der Waals surface area contributed by atoms with Crippen LogP contribution in [0.25, 0.3) is 0 Å². The lowest BCUT2D eigenvalue weighted by Gasteiger charge is -2.19. The van der Waals surface area contributed by atoms with Crippen LogP contribution in [0.15, 0.2) is 24.3 Å². The van der Waals surface area contributed by atoms with E-state index in [1.54, 1.807) is 6.08 Å². The Balaban J connectivity index is 3.37. The molecule has 0 aromatic rings. The minimum atomic E-state index is -0.858. The standard InChI is InChI=1S/C59H115NO3/c1-3-5-7-9-11-13-15-17-19-20-21-22-23-24-25-26-27-28-29-30-31-32-33-34-35-36-37-38-39-40-41-43-45-47-49-51-53-55-59(63)60-57(56-61)58(62)54-52-50-48-46-44-42-18-16-14-12-10-8-6-4-2/h44,46,52,54,57-58,61-62H,3-43,45,47-51,53,55-56H2,1-2H3,(H,60,63)/b46-44+,54-52+. The van der Waals surface area contributed by atoms with Gasteiger partial charge >= 0.3 is 0 Å². The first kappa shape index (κ1) is 61.9. The lowest BCUT2D eigenvalue weighted by molar-refractivity contribution is -0.123. The molecule has 0 fully saturated rings. The zero-order valence-corrected chi connectivity index (χ0v) is 43.1. The van der Waals surface area contributed by atoms with Crippen LogP contribution in [-0.2, 0) is 4.79 Å². The molecule has 2 unspecified atom stereocenters. The largest absolute Gasteiger partial charge is 0.394 e. The third kappa shape index (κ3) is 51.7. The van der Waals surface area contributed by atoms with E-state index >= 15 is 0 Å². The highest BCUT2D eigenvalue weighted by Gasteiger charge is 2.18. The average Bonchev–Trinajstić information content (AvgIpc) is 3.29. The van der Waals surface area contributed by atoms with Gasteiger partial charge < -0.3 is 15.5 Å². The summed E-state index contributed by atoms with van der Waals surface area (Å²) in [6.07, 6.45) is 73.7. The number of nitrogens with one attached hydrogen (secondary N) is 1. The van der Waals surface area contributed by atoms with Crippen LogP contribution in [0.5, 0.6) is 0 Å². The first-order valence-corrected chi connectivity index (χ1v) is 29.1. The van der Waals surface area contributed by atoms with Crippen LogP contribution in [0.1, 0.15) is 328 Å². The first-order valence-electron chi connectivity index (χ1n) is 29.1. The van der Waals surface area contributed by atoms with Gasteiger partial charge in [-0.25, -0.2) is 0 Å². The summed E-state index contributed by atoms with van der Waals surface area (Å²) in [4.78, 5) is 12.4. The predicted octanol–water partition coefficient (Wildman–Crippen LogP) is 19.1. The quantitative estimate of drug-likeness (QED) is 0.0421. The second-order valence-electron chi connectivity index (χ2n) is 20.1. The molecule has 0 aromatic heterocycles. The maximum Gasteiger partial charge on any atom is 0.220 e. The molecule has 374 valence electrons. The smallest absolute Gasteiger partial charge is 0.220 e. The Hall–Kier alpha value is -1.13. The van der Waals surface area contributed by atoms with E-state index in [1.807, 2.05) is 6.08 Å². The molecule has 0 aliphatic rings. The molecular weight excluding hydrogens is 771 g/mol. The molecule has 0 aliphatic carbocycles. The molecule has 0 bridgehead atoms. The van der Waals surface area contributed by atoms with Gasteiger partial charge in [-0.3, -0.25) is 4.79 Å². The summed E-state index contributed by atoms with van der Waals surface area (Å²) in [7, 11) is 0. The Morgan fingerprint density at radius 1 is 0.365 bits per heavy atom. The molecule has 1 amide bonds. The monoisotopic (exact) mass is 886 g/mol. The SMILES string of the molecule is CCCCCCCCCC/C=C/CC/C=C/C(O)C(CO)NC(=O)CCCCCCCCCCCCCCCCCCCCCCCCCCCCCCCCCCCCCCC. The zero-order chi connectivity index (χ0) is 45.6. The van der Waals surface area contributed by atoms with E-state index in [1.165, 1.54) is 276 Å². The molecule has 0 spiro atoms. The highest BCUT2D eigenvalue weighted by Crippen LogP contribution is 2.18. The minimum absolute atomic E-state index is 0.0679. The molecule has 0 aliphatic heterocycles. The van der Waals surface area contributed by atoms with Crippen molar-refractivity contribution in [2.75, 3.05) is 6.61 Å². The van der Waals surface area contributed by atoms with Crippen molar-refractivity contribution in [3.63, 3.8) is 0 Å². The van der Waals surface area contributed by atoms with Crippen molar-refractivity contribution in [2.24, 2.45) is 0 Å². The van der Waals surface area contributed by atoms with E-state index in [4.69, 9.17) is 0 Å². The number of carbonyl (C=O) groups excluding carboxylic acids is 1. The number of amides is 1. The van der Waals surface area contributed by atoms with E-state index in [0.29, 0.717) is 6.42 Å². The maximum absolute atomic E-state index is 12.4. The number of carbonyl (C=O) groups is 1. The maximum atomic E-state index is 12.4. The van der Waals surface area contributed by atoms with Crippen LogP contribution in [0, 0.1) is 0 Å². The second kappa shape index (κ2) is 55.2. The zero-order valence-electron chi connectivity index (χ0n) is 43.1. The number of hydrogen-bond donors (Lipinski definition) is 3. The Morgan fingerprint density at radius 2 is 0.619 bits per heavy atom. The van der Waals surface area contributed by atoms with E-state index < -0.39 is 12.1 Å². The van der Waals surface area contributed by atoms with Crippen molar-refractivity contribution in [2.45, 2.75) is 341 Å². The van der Waals surface area contributed by atoms with Crippen molar-refractivity contribution in [3.8, 4) is 0 Å². The summed E-state index contributed by atoms with van der Waals surface area (Å²) in [5, 5.41) is 23.1. The van der Waals surface area contributed by atoms with Crippen molar-refractivity contribution in [1.29, 1.82) is 0 Å². The Kier molecular flexibility index (Phi) is 54.2. The average molecular weight is 887 g/mol. The summed E-state index contributed by atoms with van der Waals surface area (Å²) in [6, 6.07) is -0.635. The van der Waals surface area contributed by atoms with Gasteiger partial charge in [0.05, 0.1) is 18.8 Å². The summed E-state index contributed by atoms with van der Waals surface area (Å²) in [6.45, 7) is 4.32. The van der Waals surface area contributed by atoms with Gasteiger partial charge in [0.1, 0.15) is 0 Å². The molecule has 0 rings (SSSR count). The minimum Gasteiger partial charge on any atom is -0.394 e. The molecule has 4 heteroatoms. The number of allylic oxidation sites excluding steroid dienone is 3. The fourth-order valence-corrected chi connectivity index (χ4v) is 9.26. The third-order valence-electron chi connectivity index (χ3n) is 13.7. The van der Waals surface area contributed by atoms with E-state index in [9.17, 15) is 15.0 Å². The highest BCUT2D eigenvalue weighted by molar-refractivity contribution is 5.76. The number of aliphatic hydroxyl groups excluding tert-OH is 2. The van der Waals surface area contributed by atoms with E-state index in [2.05, 4.69) is 31.3 Å².